The van der Waals surface area contributed by atoms with Gasteiger partial charge in [0.1, 0.15) is 11.5 Å². The Morgan fingerprint density at radius 3 is 2.75 bits per heavy atom. The van der Waals surface area contributed by atoms with Crippen molar-refractivity contribution >= 4 is 28.4 Å². The Morgan fingerprint density at radius 1 is 1.30 bits per heavy atom. The summed E-state index contributed by atoms with van der Waals surface area (Å²) in [7, 11) is 1.32. The van der Waals surface area contributed by atoms with Crippen LogP contribution in [0.5, 0.6) is 0 Å². The maximum atomic E-state index is 11.2. The van der Waals surface area contributed by atoms with Gasteiger partial charge < -0.3 is 4.74 Å². The van der Waals surface area contributed by atoms with Gasteiger partial charge in [0.15, 0.2) is 0 Å². The number of aromatic nitrogens is 1. The lowest BCUT2D eigenvalue weighted by molar-refractivity contribution is -0.132. The van der Waals surface area contributed by atoms with E-state index in [0.29, 0.717) is 5.82 Å². The topological polar surface area (TPSA) is 63.6 Å². The highest BCUT2D eigenvalue weighted by Crippen LogP contribution is 2.21. The number of ether oxygens (including phenoxy) is 1. The summed E-state index contributed by atoms with van der Waals surface area (Å²) >= 11 is 0. The molecule has 1 heterocycles. The van der Waals surface area contributed by atoms with Gasteiger partial charge in [-0.25, -0.2) is 9.78 Å². The fraction of sp³-hybridized carbons (Fsp3) is 0.267. The van der Waals surface area contributed by atoms with Crippen molar-refractivity contribution in [3.8, 4) is 0 Å². The van der Waals surface area contributed by atoms with Crippen LogP contribution in [-0.4, -0.2) is 23.8 Å². The molecule has 0 aliphatic heterocycles. The minimum absolute atomic E-state index is 0.247. The van der Waals surface area contributed by atoms with Gasteiger partial charge in [0.05, 0.1) is 12.6 Å². The van der Waals surface area contributed by atoms with E-state index in [1.165, 1.54) is 7.11 Å². The number of aryl methyl sites for hydroxylation is 2. The molecule has 0 aliphatic rings. The fourth-order valence-corrected chi connectivity index (χ4v) is 1.90. The van der Waals surface area contributed by atoms with Gasteiger partial charge in [-0.3, -0.25) is 5.43 Å². The van der Waals surface area contributed by atoms with Crippen molar-refractivity contribution in [3.05, 3.63) is 35.4 Å². The van der Waals surface area contributed by atoms with Gasteiger partial charge in [0, 0.05) is 5.39 Å². The van der Waals surface area contributed by atoms with Crippen LogP contribution >= 0.6 is 0 Å². The molecule has 0 amide bonds. The van der Waals surface area contributed by atoms with Crippen LogP contribution in [0.2, 0.25) is 0 Å². The van der Waals surface area contributed by atoms with Crippen LogP contribution in [0.25, 0.3) is 10.9 Å². The lowest BCUT2D eigenvalue weighted by atomic mass is 10.1. The zero-order valence-corrected chi connectivity index (χ0v) is 12.0. The Morgan fingerprint density at radius 2 is 2.05 bits per heavy atom. The monoisotopic (exact) mass is 271 g/mol. The third-order valence-corrected chi connectivity index (χ3v) is 2.99. The summed E-state index contributed by atoms with van der Waals surface area (Å²) < 4.78 is 4.58. The number of fused-ring (bicyclic) bond motifs is 1. The molecule has 1 aromatic carbocycles. The third-order valence-electron chi connectivity index (χ3n) is 2.99. The number of nitrogens with zero attached hydrogens (tertiary/aromatic N) is 2. The minimum Gasteiger partial charge on any atom is -0.464 e. The summed E-state index contributed by atoms with van der Waals surface area (Å²) in [4.78, 5) is 15.7. The molecule has 0 saturated heterocycles. The van der Waals surface area contributed by atoms with Crippen LogP contribution in [0.4, 0.5) is 5.82 Å². The molecule has 104 valence electrons. The number of pyridine rings is 1. The number of rotatable bonds is 3. The molecule has 0 unspecified atom stereocenters. The van der Waals surface area contributed by atoms with Gasteiger partial charge in [-0.2, -0.15) is 5.10 Å². The molecule has 0 spiro atoms. The largest absolute Gasteiger partial charge is 0.464 e. The molecular weight excluding hydrogens is 254 g/mol. The number of hydrogen-bond donors (Lipinski definition) is 1. The van der Waals surface area contributed by atoms with Crippen molar-refractivity contribution in [2.75, 3.05) is 12.5 Å². The number of carbonyl (C=O) groups is 1. The molecule has 0 saturated carbocycles. The molecule has 0 fully saturated rings. The number of nitrogens with one attached hydrogen (secondary N) is 1. The van der Waals surface area contributed by atoms with E-state index in [0.717, 1.165) is 22.0 Å². The van der Waals surface area contributed by atoms with E-state index in [-0.39, 0.29) is 5.71 Å². The Kier molecular flexibility index (Phi) is 3.98. The summed E-state index contributed by atoms with van der Waals surface area (Å²) in [6, 6.07) is 8.03. The number of hydrogen-bond acceptors (Lipinski definition) is 5. The number of methoxy groups -OCH3 is 1. The van der Waals surface area contributed by atoms with Gasteiger partial charge in [-0.1, -0.05) is 12.1 Å². The highest BCUT2D eigenvalue weighted by molar-refractivity contribution is 6.35. The SMILES string of the molecule is COC(=O)/C(C)=N/Nc1cc(C)c2ccc(C)cc2n1. The molecule has 5 heteroatoms. The highest BCUT2D eigenvalue weighted by Gasteiger charge is 2.06. The molecule has 20 heavy (non-hydrogen) atoms. The minimum atomic E-state index is -0.467. The molecule has 0 radical (unpaired) electrons. The molecule has 2 aromatic rings. The van der Waals surface area contributed by atoms with E-state index < -0.39 is 5.97 Å². The first-order valence-electron chi connectivity index (χ1n) is 6.28. The van der Waals surface area contributed by atoms with Gasteiger partial charge >= 0.3 is 5.97 Å². The van der Waals surface area contributed by atoms with Crippen molar-refractivity contribution in [1.82, 2.24) is 4.98 Å². The first-order chi connectivity index (χ1) is 9.51. The summed E-state index contributed by atoms with van der Waals surface area (Å²) in [6.07, 6.45) is 0. The smallest absolute Gasteiger partial charge is 0.353 e. The molecule has 2 rings (SSSR count). The summed E-state index contributed by atoms with van der Waals surface area (Å²) in [5, 5.41) is 5.07. The number of esters is 1. The average molecular weight is 271 g/mol. The van der Waals surface area contributed by atoms with Crippen LogP contribution in [-0.2, 0) is 9.53 Å². The van der Waals surface area contributed by atoms with Gasteiger partial charge in [-0.15, -0.1) is 0 Å². The molecule has 1 aromatic heterocycles. The maximum absolute atomic E-state index is 11.2. The van der Waals surface area contributed by atoms with E-state index in [2.05, 4.69) is 32.4 Å². The summed E-state index contributed by atoms with van der Waals surface area (Å²) in [5.74, 6) is 0.134. The molecule has 0 atom stereocenters. The van der Waals surface area contributed by atoms with Crippen LogP contribution in [0.3, 0.4) is 0 Å². The second kappa shape index (κ2) is 5.69. The van der Waals surface area contributed by atoms with Crippen LogP contribution in [0.1, 0.15) is 18.1 Å². The van der Waals surface area contributed by atoms with Gasteiger partial charge in [0.2, 0.25) is 0 Å². The van der Waals surface area contributed by atoms with E-state index in [1.807, 2.05) is 26.0 Å². The van der Waals surface area contributed by atoms with Crippen molar-refractivity contribution in [3.63, 3.8) is 0 Å². The van der Waals surface area contributed by atoms with Crippen molar-refractivity contribution in [2.45, 2.75) is 20.8 Å². The molecule has 5 nitrogen and oxygen atoms in total. The second-order valence-electron chi connectivity index (χ2n) is 4.65. The lowest BCUT2D eigenvalue weighted by Crippen LogP contribution is -2.13. The van der Waals surface area contributed by atoms with Crippen LogP contribution < -0.4 is 5.43 Å². The van der Waals surface area contributed by atoms with Gasteiger partial charge in [-0.05, 0) is 44.0 Å². The normalized spacial score (nSPS) is 11.5. The van der Waals surface area contributed by atoms with E-state index in [4.69, 9.17) is 0 Å². The maximum Gasteiger partial charge on any atom is 0.353 e. The Labute approximate surface area is 117 Å². The fourth-order valence-electron chi connectivity index (χ4n) is 1.90. The van der Waals surface area contributed by atoms with Crippen molar-refractivity contribution in [1.29, 1.82) is 0 Å². The first kappa shape index (κ1) is 14.0. The molecular formula is C15H17N3O2. The first-order valence-corrected chi connectivity index (χ1v) is 6.28. The Balaban J connectivity index is 2.34. The predicted octanol–water partition coefficient (Wildman–Crippen LogP) is 2.81. The average Bonchev–Trinajstić information content (AvgIpc) is 2.43. The second-order valence-corrected chi connectivity index (χ2v) is 4.65. The Hall–Kier alpha value is -2.43. The third kappa shape index (κ3) is 2.93. The highest BCUT2D eigenvalue weighted by atomic mass is 16.5. The van der Waals surface area contributed by atoms with Crippen LogP contribution in [0, 0.1) is 13.8 Å². The molecule has 0 bridgehead atoms. The van der Waals surface area contributed by atoms with Crippen LogP contribution in [0.15, 0.2) is 29.4 Å². The summed E-state index contributed by atoms with van der Waals surface area (Å²) in [5.41, 5.74) is 6.19. The van der Waals surface area contributed by atoms with E-state index in [1.54, 1.807) is 6.92 Å². The van der Waals surface area contributed by atoms with Gasteiger partial charge in [0.25, 0.3) is 0 Å². The standard InChI is InChI=1S/C15H17N3O2/c1-9-5-6-12-10(2)8-14(16-13(12)7-9)18-17-11(3)15(19)20-4/h5-8H,1-4H3,(H,16,18)/b17-11+. The van der Waals surface area contributed by atoms with Crippen molar-refractivity contribution in [2.24, 2.45) is 5.10 Å². The molecule has 1 N–H and O–H groups in total. The van der Waals surface area contributed by atoms with E-state index in [9.17, 15) is 4.79 Å². The summed E-state index contributed by atoms with van der Waals surface area (Å²) in [6.45, 7) is 5.62. The molecule has 0 aliphatic carbocycles. The zero-order valence-electron chi connectivity index (χ0n) is 12.0. The number of carbonyl (C=O) groups excluding carboxylic acids is 1. The quantitative estimate of drug-likeness (QED) is 0.529. The Bertz CT molecular complexity index is 693. The predicted molar refractivity (Wildman–Crippen MR) is 80.0 cm³/mol. The number of benzene rings is 1. The number of anilines is 1. The lowest BCUT2D eigenvalue weighted by Gasteiger charge is -2.07. The van der Waals surface area contributed by atoms with E-state index >= 15 is 0 Å². The van der Waals surface area contributed by atoms with Crippen molar-refractivity contribution < 1.29 is 9.53 Å². The number of hydrazone groups is 1. The zero-order chi connectivity index (χ0) is 14.7.